The van der Waals surface area contributed by atoms with E-state index in [0.29, 0.717) is 9.92 Å². The second kappa shape index (κ2) is 2.60. The number of hydrogen-bond acceptors (Lipinski definition) is 1. The predicted octanol–water partition coefficient (Wildman–Crippen LogP) is 3.05. The Balaban J connectivity index is 2.38. The van der Waals surface area contributed by atoms with E-state index in [2.05, 4.69) is 30.4 Å². The van der Waals surface area contributed by atoms with Crippen molar-refractivity contribution in [1.29, 1.82) is 0 Å². The molecule has 0 N–H and O–H groups in total. The largest absolute Gasteiger partial charge is 0.488 e. The summed E-state index contributed by atoms with van der Waals surface area (Å²) in [4.78, 5) is 0. The highest BCUT2D eigenvalue weighted by Crippen LogP contribution is 2.40. The maximum Gasteiger partial charge on any atom is 0.315 e. The van der Waals surface area contributed by atoms with Crippen molar-refractivity contribution < 1.29 is 4.74 Å². The molecule has 1 aliphatic heterocycles. The van der Waals surface area contributed by atoms with Gasteiger partial charge in [-0.05, 0) is 19.6 Å². The number of ether oxygens (including phenoxy) is 1. The summed E-state index contributed by atoms with van der Waals surface area (Å²) >= 11 is 0. The van der Waals surface area contributed by atoms with Crippen LogP contribution in [0.25, 0.3) is 0 Å². The number of hydrogen-bond donors (Lipinski definition) is 0. The van der Waals surface area contributed by atoms with Gasteiger partial charge in [0.2, 0.25) is 0 Å². The van der Waals surface area contributed by atoms with E-state index >= 15 is 0 Å². The van der Waals surface area contributed by atoms with Crippen molar-refractivity contribution in [3.8, 4) is 5.75 Å². The average Bonchev–Trinajstić information content (AvgIpc) is 2.37. The van der Waals surface area contributed by atoms with Gasteiger partial charge in [-0.2, -0.15) is 0 Å². The van der Waals surface area contributed by atoms with E-state index in [-0.39, 0.29) is 0 Å². The third-order valence-corrected chi connectivity index (χ3v) is 9.53. The monoisotopic (exact) mass is 199 g/mol. The van der Waals surface area contributed by atoms with E-state index < -0.39 is 7.22 Å². The molecule has 0 fully saturated rings. The Morgan fingerprint density at radius 1 is 1.33 bits per heavy atom. The second-order valence-electron chi connectivity index (χ2n) is 4.21. The highest BCUT2D eigenvalue weighted by Gasteiger charge is 2.33. The van der Waals surface area contributed by atoms with Crippen LogP contribution in [-0.4, -0.2) is 13.8 Å². The van der Waals surface area contributed by atoms with Gasteiger partial charge in [0.25, 0.3) is 0 Å². The summed E-state index contributed by atoms with van der Waals surface area (Å²) in [6.07, 6.45) is 1.14. The molecule has 0 bridgehead atoms. The van der Waals surface area contributed by atoms with Gasteiger partial charge >= 0.3 is 7.22 Å². The van der Waals surface area contributed by atoms with Crippen molar-refractivity contribution in [1.82, 2.24) is 0 Å². The molecular weight excluding hydrogens is 184 g/mol. The Hall–Kier alpha value is -0.283. The maximum absolute atomic E-state index is 5.52. The second-order valence-corrected chi connectivity index (χ2v) is 14.7. The fourth-order valence-corrected chi connectivity index (χ4v) is 6.00. The predicted molar refractivity (Wildman–Crippen MR) is 56.9 cm³/mol. The van der Waals surface area contributed by atoms with E-state index in [9.17, 15) is 0 Å². The maximum atomic E-state index is 5.52. The fourth-order valence-electron chi connectivity index (χ4n) is 1.37. The van der Waals surface area contributed by atoms with Crippen molar-refractivity contribution in [2.45, 2.75) is 26.1 Å². The smallest absolute Gasteiger partial charge is 0.315 e. The standard InChI is InChI=1S/C9H15OSSi/c1-12(2,3)11-6-8-4-5-10-9(8)7-11/h6-7H,4-5H2,1-3H3/q+1. The zero-order chi connectivity index (χ0) is 8.77. The van der Waals surface area contributed by atoms with Gasteiger partial charge < -0.3 is 4.74 Å². The molecule has 2 rings (SSSR count). The van der Waals surface area contributed by atoms with Crippen LogP contribution in [0, 0.1) is 0 Å². The third kappa shape index (κ3) is 1.31. The molecule has 1 aromatic rings. The van der Waals surface area contributed by atoms with Crippen molar-refractivity contribution >= 4 is 17.1 Å². The van der Waals surface area contributed by atoms with E-state index in [1.807, 2.05) is 0 Å². The van der Waals surface area contributed by atoms with Crippen LogP contribution in [0.3, 0.4) is 0 Å². The van der Waals surface area contributed by atoms with Crippen LogP contribution in [0.4, 0.5) is 0 Å². The van der Waals surface area contributed by atoms with Gasteiger partial charge in [-0.15, -0.1) is 0 Å². The molecule has 1 unspecified atom stereocenters. The van der Waals surface area contributed by atoms with Gasteiger partial charge in [-0.25, -0.2) is 0 Å². The van der Waals surface area contributed by atoms with Crippen LogP contribution >= 0.6 is 9.92 Å². The highest BCUT2D eigenvalue weighted by molar-refractivity contribution is 7.74. The lowest BCUT2D eigenvalue weighted by atomic mass is 10.3. The lowest BCUT2D eigenvalue weighted by Gasteiger charge is -2.02. The first-order valence-electron chi connectivity index (χ1n) is 4.35. The summed E-state index contributed by atoms with van der Waals surface area (Å²) in [5, 5.41) is 4.81. The van der Waals surface area contributed by atoms with Crippen molar-refractivity contribution in [3.63, 3.8) is 0 Å². The Kier molecular flexibility index (Phi) is 1.80. The van der Waals surface area contributed by atoms with E-state index in [0.717, 1.165) is 13.0 Å². The average molecular weight is 199 g/mol. The number of rotatable bonds is 1. The molecule has 0 aliphatic carbocycles. The van der Waals surface area contributed by atoms with Crippen LogP contribution in [0.15, 0.2) is 10.8 Å². The molecule has 1 aliphatic rings. The molecule has 1 nitrogen and oxygen atoms in total. The lowest BCUT2D eigenvalue weighted by molar-refractivity contribution is 0.357. The number of fused-ring (bicyclic) bond motifs is 1. The molecule has 3 heteroatoms. The summed E-state index contributed by atoms with van der Waals surface area (Å²) in [5.74, 6) is 1.20. The normalized spacial score (nSPS) is 17.4. The van der Waals surface area contributed by atoms with Gasteiger partial charge in [0, 0.05) is 6.42 Å². The minimum Gasteiger partial charge on any atom is -0.488 e. The van der Waals surface area contributed by atoms with Crippen molar-refractivity contribution in [3.05, 3.63) is 16.3 Å². The summed E-state index contributed by atoms with van der Waals surface area (Å²) in [6, 6.07) is 0. The fraction of sp³-hybridized carbons (Fsp3) is 0.556. The first kappa shape index (κ1) is 8.32. The molecule has 0 spiro atoms. The number of thiophene rings is 1. The molecule has 0 saturated heterocycles. The van der Waals surface area contributed by atoms with Crippen LogP contribution < -0.4 is 4.74 Å². The molecule has 0 amide bonds. The summed E-state index contributed by atoms with van der Waals surface area (Å²) in [5.41, 5.74) is 1.47. The molecule has 66 valence electrons. The molecule has 12 heavy (non-hydrogen) atoms. The van der Waals surface area contributed by atoms with Gasteiger partial charge in [0.1, 0.15) is 5.38 Å². The SMILES string of the molecule is C[Si](C)(C)[s+]1cc2c(c1)OCC2. The van der Waals surface area contributed by atoms with Gasteiger partial charge in [-0.3, -0.25) is 0 Å². The molecule has 1 atom stereocenters. The molecular formula is C9H15OSSi+. The topological polar surface area (TPSA) is 9.23 Å². The minimum atomic E-state index is -0.995. The van der Waals surface area contributed by atoms with E-state index in [4.69, 9.17) is 4.74 Å². The molecule has 2 heterocycles. The van der Waals surface area contributed by atoms with Gasteiger partial charge in [-0.1, -0.05) is 9.92 Å². The molecule has 0 radical (unpaired) electrons. The Morgan fingerprint density at radius 3 is 2.67 bits per heavy atom. The molecule has 1 aromatic heterocycles. The third-order valence-electron chi connectivity index (χ3n) is 2.16. The Labute approximate surface area is 77.0 Å². The zero-order valence-corrected chi connectivity index (χ0v) is 9.70. The first-order chi connectivity index (χ1) is 5.57. The van der Waals surface area contributed by atoms with E-state index in [1.54, 1.807) is 0 Å². The Morgan fingerprint density at radius 2 is 2.08 bits per heavy atom. The van der Waals surface area contributed by atoms with Crippen LogP contribution in [0.1, 0.15) is 5.56 Å². The lowest BCUT2D eigenvalue weighted by Crippen LogP contribution is -2.14. The molecule has 0 aromatic carbocycles. The van der Waals surface area contributed by atoms with Crippen LogP contribution in [-0.2, 0) is 6.42 Å². The highest BCUT2D eigenvalue weighted by atomic mass is 32.4. The summed E-state index contributed by atoms with van der Waals surface area (Å²) in [7, 11) is -0.559. The van der Waals surface area contributed by atoms with Crippen molar-refractivity contribution in [2.75, 3.05) is 6.61 Å². The first-order valence-corrected chi connectivity index (χ1v) is 9.93. The zero-order valence-electron chi connectivity index (χ0n) is 7.89. The van der Waals surface area contributed by atoms with Gasteiger partial charge in [0.15, 0.2) is 11.1 Å². The molecule has 0 saturated carbocycles. The van der Waals surface area contributed by atoms with Crippen LogP contribution in [0.5, 0.6) is 5.75 Å². The van der Waals surface area contributed by atoms with Crippen LogP contribution in [0.2, 0.25) is 19.6 Å². The minimum absolute atomic E-state index is 0.436. The summed E-state index contributed by atoms with van der Waals surface area (Å²) in [6.45, 7) is 8.17. The quantitative estimate of drug-likeness (QED) is 0.499. The van der Waals surface area contributed by atoms with E-state index in [1.165, 1.54) is 11.3 Å². The van der Waals surface area contributed by atoms with Crippen molar-refractivity contribution in [2.24, 2.45) is 0 Å². The van der Waals surface area contributed by atoms with Gasteiger partial charge in [0.05, 0.1) is 12.2 Å². The summed E-state index contributed by atoms with van der Waals surface area (Å²) < 4.78 is 5.52. The Bertz CT molecular complexity index is 276.